The molecule has 1 aliphatic heterocycles. The lowest BCUT2D eigenvalue weighted by Crippen LogP contribution is -2.48. The van der Waals surface area contributed by atoms with Crippen LogP contribution in [0.5, 0.6) is 0 Å². The lowest BCUT2D eigenvalue weighted by atomic mass is 10.2. The number of ether oxygens (including phenoxy) is 1. The number of carbonyl (C=O) groups excluding carboxylic acids is 1. The quantitative estimate of drug-likeness (QED) is 0.871. The molecule has 0 aliphatic carbocycles. The van der Waals surface area contributed by atoms with Crippen LogP contribution in [0.2, 0.25) is 0 Å². The van der Waals surface area contributed by atoms with E-state index in [1.807, 2.05) is 49.1 Å². The van der Waals surface area contributed by atoms with Crippen LogP contribution in [-0.4, -0.2) is 41.1 Å². The molecule has 0 N–H and O–H groups in total. The Morgan fingerprint density at radius 3 is 2.61 bits per heavy atom. The minimum Gasteiger partial charge on any atom is -0.441 e. The molecule has 0 bridgehead atoms. The third-order valence-corrected chi connectivity index (χ3v) is 3.94. The van der Waals surface area contributed by atoms with Gasteiger partial charge in [0.05, 0.1) is 18.4 Å². The number of morpholine rings is 1. The van der Waals surface area contributed by atoms with E-state index < -0.39 is 0 Å². The molecule has 3 rings (SSSR count). The zero-order valence-electron chi connectivity index (χ0n) is 13.6. The van der Waals surface area contributed by atoms with Crippen molar-refractivity contribution in [3.05, 3.63) is 42.4 Å². The Bertz CT molecular complexity index is 643. The molecule has 0 saturated carbocycles. The standard InChI is InChI=1S/C18H22N2O3/c1-13-11-20(12-14(2)22-13)18(21)9-8-17-19-10-16(23-17)15-6-4-3-5-7-15/h3-7,10,13-14H,8-9,11-12H2,1-2H3. The van der Waals surface area contributed by atoms with E-state index in [1.54, 1.807) is 6.20 Å². The number of aromatic nitrogens is 1. The van der Waals surface area contributed by atoms with Crippen molar-refractivity contribution in [1.82, 2.24) is 9.88 Å². The number of aryl methyl sites for hydroxylation is 1. The highest BCUT2D eigenvalue weighted by Crippen LogP contribution is 2.20. The Kier molecular flexibility index (Phi) is 4.76. The Balaban J connectivity index is 1.56. The maximum absolute atomic E-state index is 12.3. The molecule has 1 aromatic carbocycles. The van der Waals surface area contributed by atoms with E-state index in [1.165, 1.54) is 0 Å². The van der Waals surface area contributed by atoms with Crippen LogP contribution < -0.4 is 0 Å². The second kappa shape index (κ2) is 6.96. The third-order valence-electron chi connectivity index (χ3n) is 3.94. The Morgan fingerprint density at radius 1 is 1.22 bits per heavy atom. The predicted molar refractivity (Wildman–Crippen MR) is 86.8 cm³/mol. The monoisotopic (exact) mass is 314 g/mol. The van der Waals surface area contributed by atoms with Crippen molar-refractivity contribution in [2.75, 3.05) is 13.1 Å². The fourth-order valence-electron chi connectivity index (χ4n) is 2.92. The summed E-state index contributed by atoms with van der Waals surface area (Å²) in [6.07, 6.45) is 2.83. The lowest BCUT2D eigenvalue weighted by Gasteiger charge is -2.35. The Hall–Kier alpha value is -2.14. The number of hydrogen-bond acceptors (Lipinski definition) is 4. The zero-order valence-corrected chi connectivity index (χ0v) is 13.6. The second-order valence-corrected chi connectivity index (χ2v) is 6.04. The Labute approximate surface area is 136 Å². The largest absolute Gasteiger partial charge is 0.441 e. The van der Waals surface area contributed by atoms with E-state index in [-0.39, 0.29) is 18.1 Å². The van der Waals surface area contributed by atoms with E-state index in [4.69, 9.17) is 9.15 Å². The number of nitrogens with zero attached hydrogens (tertiary/aromatic N) is 2. The SMILES string of the molecule is CC1CN(C(=O)CCc2ncc(-c3ccccc3)o2)CC(C)O1. The molecule has 0 spiro atoms. The minimum atomic E-state index is 0.0918. The average molecular weight is 314 g/mol. The number of carbonyl (C=O) groups is 1. The predicted octanol–water partition coefficient (Wildman–Crippen LogP) is 2.91. The molecule has 2 heterocycles. The summed E-state index contributed by atoms with van der Waals surface area (Å²) in [6.45, 7) is 5.31. The van der Waals surface area contributed by atoms with Gasteiger partial charge in [-0.05, 0) is 13.8 Å². The summed E-state index contributed by atoms with van der Waals surface area (Å²) in [6, 6.07) is 9.84. The fourth-order valence-corrected chi connectivity index (χ4v) is 2.92. The molecule has 5 nitrogen and oxygen atoms in total. The third kappa shape index (κ3) is 3.99. The first-order valence-corrected chi connectivity index (χ1v) is 8.05. The average Bonchev–Trinajstić information content (AvgIpc) is 3.01. The number of oxazole rings is 1. The molecule has 1 saturated heterocycles. The van der Waals surface area contributed by atoms with Crippen molar-refractivity contribution in [1.29, 1.82) is 0 Å². The van der Waals surface area contributed by atoms with Gasteiger partial charge in [-0.1, -0.05) is 30.3 Å². The number of hydrogen-bond donors (Lipinski definition) is 0. The molecule has 5 heteroatoms. The van der Waals surface area contributed by atoms with Crippen LogP contribution in [0.1, 0.15) is 26.2 Å². The van der Waals surface area contributed by atoms with Gasteiger partial charge in [0.15, 0.2) is 11.7 Å². The smallest absolute Gasteiger partial charge is 0.223 e. The van der Waals surface area contributed by atoms with E-state index in [9.17, 15) is 4.79 Å². The van der Waals surface area contributed by atoms with Crippen molar-refractivity contribution >= 4 is 5.91 Å². The highest BCUT2D eigenvalue weighted by molar-refractivity contribution is 5.76. The van der Waals surface area contributed by atoms with Gasteiger partial charge >= 0.3 is 0 Å². The molecular weight excluding hydrogens is 292 g/mol. The highest BCUT2D eigenvalue weighted by atomic mass is 16.5. The molecule has 1 amide bonds. The van der Waals surface area contributed by atoms with E-state index in [0.717, 1.165) is 11.3 Å². The first kappa shape index (κ1) is 15.7. The van der Waals surface area contributed by atoms with Crippen LogP contribution in [0.15, 0.2) is 40.9 Å². The van der Waals surface area contributed by atoms with Gasteiger partial charge in [-0.15, -0.1) is 0 Å². The molecule has 2 atom stereocenters. The van der Waals surface area contributed by atoms with Gasteiger partial charge in [-0.3, -0.25) is 4.79 Å². The van der Waals surface area contributed by atoms with Crippen LogP contribution in [0.25, 0.3) is 11.3 Å². The second-order valence-electron chi connectivity index (χ2n) is 6.04. The van der Waals surface area contributed by atoms with Crippen LogP contribution in [0.3, 0.4) is 0 Å². The van der Waals surface area contributed by atoms with Gasteiger partial charge in [-0.2, -0.15) is 0 Å². The topological polar surface area (TPSA) is 55.6 Å². The fraction of sp³-hybridized carbons (Fsp3) is 0.444. The maximum Gasteiger partial charge on any atom is 0.223 e. The molecule has 1 aliphatic rings. The van der Waals surface area contributed by atoms with Gasteiger partial charge in [0, 0.05) is 31.5 Å². The van der Waals surface area contributed by atoms with Gasteiger partial charge < -0.3 is 14.1 Å². The Morgan fingerprint density at radius 2 is 1.91 bits per heavy atom. The molecule has 2 aromatic rings. The molecule has 1 fully saturated rings. The first-order chi connectivity index (χ1) is 11.1. The first-order valence-electron chi connectivity index (χ1n) is 8.05. The van der Waals surface area contributed by atoms with Crippen LogP contribution in [-0.2, 0) is 16.0 Å². The summed E-state index contributed by atoms with van der Waals surface area (Å²) in [4.78, 5) is 18.5. The zero-order chi connectivity index (χ0) is 16.2. The van der Waals surface area contributed by atoms with E-state index >= 15 is 0 Å². The summed E-state index contributed by atoms with van der Waals surface area (Å²) in [5.74, 6) is 1.47. The van der Waals surface area contributed by atoms with E-state index in [2.05, 4.69) is 4.98 Å². The van der Waals surface area contributed by atoms with Gasteiger partial charge in [-0.25, -0.2) is 4.98 Å². The molecule has 0 radical (unpaired) electrons. The normalized spacial score (nSPS) is 21.4. The van der Waals surface area contributed by atoms with Crippen molar-refractivity contribution < 1.29 is 13.9 Å². The minimum absolute atomic E-state index is 0.0918. The summed E-state index contributed by atoms with van der Waals surface area (Å²) < 4.78 is 11.4. The molecule has 122 valence electrons. The molecule has 1 aromatic heterocycles. The highest BCUT2D eigenvalue weighted by Gasteiger charge is 2.25. The van der Waals surface area contributed by atoms with E-state index in [0.29, 0.717) is 31.8 Å². The number of rotatable bonds is 4. The van der Waals surface area contributed by atoms with Crippen molar-refractivity contribution in [2.45, 2.75) is 38.9 Å². The summed E-state index contributed by atoms with van der Waals surface area (Å²) in [5.41, 5.74) is 0.994. The van der Waals surface area contributed by atoms with Crippen molar-refractivity contribution in [3.8, 4) is 11.3 Å². The van der Waals surface area contributed by atoms with Crippen molar-refractivity contribution in [3.63, 3.8) is 0 Å². The molecule has 2 unspecified atom stereocenters. The lowest BCUT2D eigenvalue weighted by molar-refractivity contribution is -0.143. The number of amides is 1. The van der Waals surface area contributed by atoms with Gasteiger partial charge in [0.2, 0.25) is 5.91 Å². The van der Waals surface area contributed by atoms with Crippen LogP contribution in [0, 0.1) is 0 Å². The van der Waals surface area contributed by atoms with Crippen LogP contribution >= 0.6 is 0 Å². The summed E-state index contributed by atoms with van der Waals surface area (Å²) in [5, 5.41) is 0. The van der Waals surface area contributed by atoms with Gasteiger partial charge in [0.25, 0.3) is 0 Å². The molecular formula is C18H22N2O3. The summed E-state index contributed by atoms with van der Waals surface area (Å²) in [7, 11) is 0. The molecule has 23 heavy (non-hydrogen) atoms. The maximum atomic E-state index is 12.3. The summed E-state index contributed by atoms with van der Waals surface area (Å²) >= 11 is 0. The van der Waals surface area contributed by atoms with Crippen molar-refractivity contribution in [2.24, 2.45) is 0 Å². The number of benzene rings is 1. The van der Waals surface area contributed by atoms with Gasteiger partial charge in [0.1, 0.15) is 0 Å². The van der Waals surface area contributed by atoms with Crippen LogP contribution in [0.4, 0.5) is 0 Å².